The largest absolute Gasteiger partial charge is 0.370 e. The molecular weight excluding hydrogens is 248 g/mol. The number of anilines is 2. The SMILES string of the molecule is CN1CCCN(C2CCCC2)c2nc(Cl)ncc21. The molecule has 0 radical (unpaired) electrons. The third-order valence-electron chi connectivity index (χ3n) is 4.06. The zero-order valence-electron chi connectivity index (χ0n) is 10.8. The van der Waals surface area contributed by atoms with Crippen molar-refractivity contribution in [2.75, 3.05) is 29.9 Å². The van der Waals surface area contributed by atoms with E-state index < -0.39 is 0 Å². The summed E-state index contributed by atoms with van der Waals surface area (Å²) < 4.78 is 0. The fourth-order valence-electron chi connectivity index (χ4n) is 3.10. The van der Waals surface area contributed by atoms with Gasteiger partial charge in [0.25, 0.3) is 0 Å². The summed E-state index contributed by atoms with van der Waals surface area (Å²) in [6.07, 6.45) is 8.27. The maximum atomic E-state index is 5.98. The topological polar surface area (TPSA) is 32.3 Å². The highest BCUT2D eigenvalue weighted by molar-refractivity contribution is 6.28. The fraction of sp³-hybridized carbons (Fsp3) is 0.692. The number of hydrogen-bond acceptors (Lipinski definition) is 4. The predicted octanol–water partition coefficient (Wildman–Crippen LogP) is 2.72. The molecule has 0 amide bonds. The van der Waals surface area contributed by atoms with E-state index in [0.717, 1.165) is 24.6 Å². The first-order chi connectivity index (χ1) is 8.75. The lowest BCUT2D eigenvalue weighted by atomic mass is 10.2. The Balaban J connectivity index is 2.00. The average Bonchev–Trinajstić information content (AvgIpc) is 2.83. The normalized spacial score (nSPS) is 21.0. The Morgan fingerprint density at radius 3 is 2.78 bits per heavy atom. The Morgan fingerprint density at radius 1 is 1.22 bits per heavy atom. The molecule has 1 aromatic heterocycles. The van der Waals surface area contributed by atoms with Gasteiger partial charge in [-0.05, 0) is 30.9 Å². The third kappa shape index (κ3) is 2.14. The van der Waals surface area contributed by atoms with Gasteiger partial charge in [0.05, 0.1) is 11.9 Å². The van der Waals surface area contributed by atoms with Crippen molar-refractivity contribution in [2.24, 2.45) is 0 Å². The van der Waals surface area contributed by atoms with Crippen LogP contribution >= 0.6 is 11.6 Å². The second-order valence-electron chi connectivity index (χ2n) is 5.25. The molecule has 1 fully saturated rings. The molecule has 2 heterocycles. The molecule has 1 aliphatic heterocycles. The van der Waals surface area contributed by atoms with Crippen molar-refractivity contribution in [2.45, 2.75) is 38.1 Å². The van der Waals surface area contributed by atoms with E-state index in [-0.39, 0.29) is 0 Å². The number of aromatic nitrogens is 2. The molecule has 0 bridgehead atoms. The predicted molar refractivity (Wildman–Crippen MR) is 74.5 cm³/mol. The van der Waals surface area contributed by atoms with Gasteiger partial charge in [-0.1, -0.05) is 12.8 Å². The Morgan fingerprint density at radius 2 is 2.00 bits per heavy atom. The van der Waals surface area contributed by atoms with Gasteiger partial charge in [0.2, 0.25) is 5.28 Å². The van der Waals surface area contributed by atoms with Gasteiger partial charge in [0.1, 0.15) is 0 Å². The maximum absolute atomic E-state index is 5.98. The van der Waals surface area contributed by atoms with E-state index in [9.17, 15) is 0 Å². The maximum Gasteiger partial charge on any atom is 0.224 e. The minimum atomic E-state index is 0.354. The average molecular weight is 267 g/mol. The number of nitrogens with zero attached hydrogens (tertiary/aromatic N) is 4. The highest BCUT2D eigenvalue weighted by Gasteiger charge is 2.28. The van der Waals surface area contributed by atoms with Gasteiger partial charge in [-0.3, -0.25) is 0 Å². The summed E-state index contributed by atoms with van der Waals surface area (Å²) in [5, 5.41) is 0.354. The first-order valence-electron chi connectivity index (χ1n) is 6.76. The molecule has 4 nitrogen and oxygen atoms in total. The van der Waals surface area contributed by atoms with Gasteiger partial charge in [-0.15, -0.1) is 0 Å². The molecule has 0 aromatic carbocycles. The standard InChI is InChI=1S/C13H19ClN4/c1-17-7-4-8-18(10-5-2-3-6-10)12-11(17)9-15-13(14)16-12/h9-10H,2-8H2,1H3. The van der Waals surface area contributed by atoms with Crippen LogP contribution < -0.4 is 9.80 Å². The summed E-state index contributed by atoms with van der Waals surface area (Å²) >= 11 is 5.98. The molecule has 18 heavy (non-hydrogen) atoms. The molecule has 3 rings (SSSR count). The summed E-state index contributed by atoms with van der Waals surface area (Å²) in [4.78, 5) is 13.3. The number of hydrogen-bond donors (Lipinski definition) is 0. The molecule has 1 aromatic rings. The second-order valence-corrected chi connectivity index (χ2v) is 5.59. The van der Waals surface area contributed by atoms with Gasteiger partial charge >= 0.3 is 0 Å². The van der Waals surface area contributed by atoms with Gasteiger partial charge in [-0.2, -0.15) is 4.98 Å². The van der Waals surface area contributed by atoms with Crippen LogP contribution in [0.3, 0.4) is 0 Å². The molecule has 0 atom stereocenters. The summed E-state index contributed by atoms with van der Waals surface area (Å²) in [6, 6.07) is 0.640. The summed E-state index contributed by atoms with van der Waals surface area (Å²) in [7, 11) is 2.11. The smallest absolute Gasteiger partial charge is 0.224 e. The van der Waals surface area contributed by atoms with Gasteiger partial charge in [0.15, 0.2) is 5.82 Å². The second kappa shape index (κ2) is 4.92. The Hall–Kier alpha value is -1.03. The van der Waals surface area contributed by atoms with E-state index >= 15 is 0 Å². The van der Waals surface area contributed by atoms with Crippen LogP contribution in [-0.4, -0.2) is 36.1 Å². The third-order valence-corrected chi connectivity index (χ3v) is 4.24. The summed E-state index contributed by atoms with van der Waals surface area (Å²) in [5.74, 6) is 1.03. The van der Waals surface area contributed by atoms with Crippen LogP contribution in [0.1, 0.15) is 32.1 Å². The van der Waals surface area contributed by atoms with Crippen LogP contribution in [0, 0.1) is 0 Å². The van der Waals surface area contributed by atoms with Crippen LogP contribution in [0.15, 0.2) is 6.20 Å². The van der Waals surface area contributed by atoms with Crippen molar-refractivity contribution >= 4 is 23.1 Å². The summed E-state index contributed by atoms with van der Waals surface area (Å²) in [5.41, 5.74) is 1.11. The first-order valence-corrected chi connectivity index (χ1v) is 7.14. The van der Waals surface area contributed by atoms with E-state index in [2.05, 4.69) is 26.8 Å². The molecule has 5 heteroatoms. The minimum absolute atomic E-state index is 0.354. The van der Waals surface area contributed by atoms with Crippen LogP contribution in [0.25, 0.3) is 0 Å². The minimum Gasteiger partial charge on any atom is -0.370 e. The molecule has 0 N–H and O–H groups in total. The monoisotopic (exact) mass is 266 g/mol. The van der Waals surface area contributed by atoms with Crippen LogP contribution in [0.5, 0.6) is 0 Å². The van der Waals surface area contributed by atoms with Gasteiger partial charge < -0.3 is 9.80 Å². The van der Waals surface area contributed by atoms with Crippen molar-refractivity contribution in [1.82, 2.24) is 9.97 Å². The first kappa shape index (κ1) is 12.0. The van der Waals surface area contributed by atoms with Crippen LogP contribution in [0.2, 0.25) is 5.28 Å². The fourth-order valence-corrected chi connectivity index (χ4v) is 3.23. The molecule has 98 valence electrons. The number of fused-ring (bicyclic) bond motifs is 1. The zero-order valence-corrected chi connectivity index (χ0v) is 11.5. The molecule has 0 saturated heterocycles. The quantitative estimate of drug-likeness (QED) is 0.732. The lowest BCUT2D eigenvalue weighted by Crippen LogP contribution is -2.34. The number of halogens is 1. The Bertz CT molecular complexity index is 431. The van der Waals surface area contributed by atoms with Gasteiger partial charge in [-0.25, -0.2) is 4.98 Å². The van der Waals surface area contributed by atoms with E-state index in [4.69, 9.17) is 11.6 Å². The van der Waals surface area contributed by atoms with Crippen molar-refractivity contribution in [3.8, 4) is 0 Å². The molecule has 1 aliphatic carbocycles. The molecule has 1 saturated carbocycles. The van der Waals surface area contributed by atoms with Crippen molar-refractivity contribution in [3.63, 3.8) is 0 Å². The van der Waals surface area contributed by atoms with Crippen molar-refractivity contribution in [3.05, 3.63) is 11.5 Å². The zero-order chi connectivity index (χ0) is 12.5. The number of rotatable bonds is 1. The molecule has 2 aliphatic rings. The van der Waals surface area contributed by atoms with E-state index in [1.54, 1.807) is 0 Å². The van der Waals surface area contributed by atoms with Gasteiger partial charge in [0, 0.05) is 26.2 Å². The lowest BCUT2D eigenvalue weighted by Gasteiger charge is -2.30. The van der Waals surface area contributed by atoms with E-state index in [0.29, 0.717) is 11.3 Å². The molecule has 0 unspecified atom stereocenters. The Kier molecular flexibility index (Phi) is 3.29. The van der Waals surface area contributed by atoms with E-state index in [1.165, 1.54) is 32.1 Å². The highest BCUT2D eigenvalue weighted by atomic mass is 35.5. The van der Waals surface area contributed by atoms with Crippen molar-refractivity contribution in [1.29, 1.82) is 0 Å². The van der Waals surface area contributed by atoms with Crippen LogP contribution in [-0.2, 0) is 0 Å². The molecule has 0 spiro atoms. The highest BCUT2D eigenvalue weighted by Crippen LogP contribution is 2.35. The molecular formula is C13H19ClN4. The van der Waals surface area contributed by atoms with Crippen LogP contribution in [0.4, 0.5) is 11.5 Å². The van der Waals surface area contributed by atoms with Crippen molar-refractivity contribution < 1.29 is 0 Å². The summed E-state index contributed by atoms with van der Waals surface area (Å²) in [6.45, 7) is 2.14. The lowest BCUT2D eigenvalue weighted by molar-refractivity contribution is 0.594. The Labute approximate surface area is 113 Å². The van der Waals surface area contributed by atoms with E-state index in [1.807, 2.05) is 6.20 Å².